The average Bonchev–Trinajstić information content (AvgIpc) is 2.27. The summed E-state index contributed by atoms with van der Waals surface area (Å²) in [7, 11) is -3.21. The molecule has 1 aromatic rings. The summed E-state index contributed by atoms with van der Waals surface area (Å²) in [5.74, 6) is 0.280. The first-order valence-electron chi connectivity index (χ1n) is 5.62. The van der Waals surface area contributed by atoms with Crippen LogP contribution in [0.5, 0.6) is 0 Å². The summed E-state index contributed by atoms with van der Waals surface area (Å²) in [4.78, 5) is 0.330. The molecule has 0 saturated carbocycles. The summed E-state index contributed by atoms with van der Waals surface area (Å²) in [5.41, 5.74) is 6.23. The van der Waals surface area contributed by atoms with Crippen molar-refractivity contribution in [2.24, 2.45) is 11.7 Å². The van der Waals surface area contributed by atoms with Gasteiger partial charge in [0.15, 0.2) is 9.84 Å². The molecular weight excluding hydrogens is 236 g/mol. The summed E-state index contributed by atoms with van der Waals surface area (Å²) in [5, 5.41) is 3.21. The molecule has 0 spiro atoms. The van der Waals surface area contributed by atoms with Crippen LogP contribution < -0.4 is 11.1 Å². The number of nitrogens with two attached hydrogens (primary N) is 1. The van der Waals surface area contributed by atoms with Crippen LogP contribution in [0.15, 0.2) is 29.2 Å². The van der Waals surface area contributed by atoms with Gasteiger partial charge in [0.25, 0.3) is 0 Å². The van der Waals surface area contributed by atoms with Crippen molar-refractivity contribution in [2.45, 2.75) is 24.8 Å². The van der Waals surface area contributed by atoms with Crippen molar-refractivity contribution >= 4 is 15.5 Å². The van der Waals surface area contributed by atoms with Gasteiger partial charge in [-0.15, -0.1) is 0 Å². The molecule has 0 bridgehead atoms. The van der Waals surface area contributed by atoms with Crippen molar-refractivity contribution in [2.75, 3.05) is 18.1 Å². The average molecular weight is 256 g/mol. The van der Waals surface area contributed by atoms with Crippen LogP contribution in [-0.4, -0.2) is 27.3 Å². The second-order valence-electron chi connectivity index (χ2n) is 4.41. The third-order valence-electron chi connectivity index (χ3n) is 2.90. The van der Waals surface area contributed by atoms with E-state index in [9.17, 15) is 8.42 Å². The van der Waals surface area contributed by atoms with Crippen LogP contribution in [0.3, 0.4) is 0 Å². The molecule has 96 valence electrons. The highest BCUT2D eigenvalue weighted by molar-refractivity contribution is 7.90. The number of hydrogen-bond acceptors (Lipinski definition) is 4. The Morgan fingerprint density at radius 2 is 1.88 bits per heavy atom. The Morgan fingerprint density at radius 1 is 1.29 bits per heavy atom. The molecule has 4 nitrogen and oxygen atoms in total. The zero-order chi connectivity index (χ0) is 13.1. The Morgan fingerprint density at radius 3 is 2.41 bits per heavy atom. The SMILES string of the molecule is CC(CN)C(C)Nc1ccccc1S(C)(=O)=O. The lowest BCUT2D eigenvalue weighted by molar-refractivity contribution is 0.520. The normalized spacial score (nSPS) is 15.3. The fraction of sp³-hybridized carbons (Fsp3) is 0.500. The van der Waals surface area contributed by atoms with Gasteiger partial charge in [0.05, 0.1) is 10.6 Å². The summed E-state index contributed by atoms with van der Waals surface area (Å²) in [6, 6.07) is 7.05. The van der Waals surface area contributed by atoms with Crippen molar-refractivity contribution in [1.82, 2.24) is 0 Å². The number of hydrogen-bond donors (Lipinski definition) is 2. The van der Waals surface area contributed by atoms with Gasteiger partial charge in [-0.2, -0.15) is 0 Å². The predicted molar refractivity (Wildman–Crippen MR) is 70.9 cm³/mol. The zero-order valence-corrected chi connectivity index (χ0v) is 11.3. The molecule has 0 saturated heterocycles. The Balaban J connectivity index is 3.00. The van der Waals surface area contributed by atoms with Gasteiger partial charge >= 0.3 is 0 Å². The van der Waals surface area contributed by atoms with E-state index in [1.54, 1.807) is 18.2 Å². The molecule has 0 aliphatic heterocycles. The standard InChI is InChI=1S/C12H20N2O2S/c1-9(8-13)10(2)14-11-6-4-5-7-12(11)17(3,15)16/h4-7,9-10,14H,8,13H2,1-3H3. The second kappa shape index (κ2) is 5.51. The molecule has 0 radical (unpaired) electrons. The number of benzene rings is 1. The molecule has 0 heterocycles. The molecule has 5 heteroatoms. The van der Waals surface area contributed by atoms with Crippen LogP contribution in [0.4, 0.5) is 5.69 Å². The van der Waals surface area contributed by atoms with Gasteiger partial charge < -0.3 is 11.1 Å². The first-order chi connectivity index (χ1) is 7.86. The van der Waals surface area contributed by atoms with Crippen LogP contribution in [0.1, 0.15) is 13.8 Å². The number of sulfone groups is 1. The Labute approximate surface area is 103 Å². The van der Waals surface area contributed by atoms with E-state index in [4.69, 9.17) is 5.73 Å². The van der Waals surface area contributed by atoms with Crippen molar-refractivity contribution in [1.29, 1.82) is 0 Å². The fourth-order valence-electron chi connectivity index (χ4n) is 1.50. The van der Waals surface area contributed by atoms with Crippen molar-refractivity contribution < 1.29 is 8.42 Å². The quantitative estimate of drug-likeness (QED) is 0.837. The molecule has 1 aromatic carbocycles. The minimum atomic E-state index is -3.21. The van der Waals surface area contributed by atoms with Crippen LogP contribution in [0.2, 0.25) is 0 Å². The first-order valence-corrected chi connectivity index (χ1v) is 7.51. The molecular formula is C12H20N2O2S. The minimum Gasteiger partial charge on any atom is -0.381 e. The molecule has 2 unspecified atom stereocenters. The van der Waals surface area contributed by atoms with Gasteiger partial charge in [-0.05, 0) is 31.5 Å². The van der Waals surface area contributed by atoms with E-state index in [0.717, 1.165) is 0 Å². The molecule has 1 rings (SSSR count). The third-order valence-corrected chi connectivity index (χ3v) is 4.05. The summed E-state index contributed by atoms with van der Waals surface area (Å²) in [6.45, 7) is 4.59. The highest BCUT2D eigenvalue weighted by atomic mass is 32.2. The van der Waals surface area contributed by atoms with Crippen LogP contribution in [-0.2, 0) is 9.84 Å². The van der Waals surface area contributed by atoms with E-state index < -0.39 is 9.84 Å². The van der Waals surface area contributed by atoms with E-state index in [1.807, 2.05) is 19.9 Å². The van der Waals surface area contributed by atoms with Crippen LogP contribution >= 0.6 is 0 Å². The fourth-order valence-corrected chi connectivity index (χ4v) is 2.35. The van der Waals surface area contributed by atoms with Gasteiger partial charge in [-0.1, -0.05) is 19.1 Å². The molecule has 0 aromatic heterocycles. The van der Waals surface area contributed by atoms with Gasteiger partial charge in [0, 0.05) is 12.3 Å². The second-order valence-corrected chi connectivity index (χ2v) is 6.40. The lowest BCUT2D eigenvalue weighted by atomic mass is 10.0. The van der Waals surface area contributed by atoms with Crippen LogP contribution in [0.25, 0.3) is 0 Å². The minimum absolute atomic E-state index is 0.128. The zero-order valence-electron chi connectivity index (χ0n) is 10.5. The van der Waals surface area contributed by atoms with Gasteiger partial charge in [-0.25, -0.2) is 8.42 Å². The maximum absolute atomic E-state index is 11.6. The van der Waals surface area contributed by atoms with Gasteiger partial charge in [-0.3, -0.25) is 0 Å². The third kappa shape index (κ3) is 3.71. The summed E-state index contributed by atoms with van der Waals surface area (Å²) < 4.78 is 23.2. The lowest BCUT2D eigenvalue weighted by Crippen LogP contribution is -2.29. The van der Waals surface area contributed by atoms with Crippen molar-refractivity contribution in [3.8, 4) is 0 Å². The first kappa shape index (κ1) is 14.0. The molecule has 3 N–H and O–H groups in total. The van der Waals surface area contributed by atoms with E-state index in [-0.39, 0.29) is 12.0 Å². The number of para-hydroxylation sites is 1. The topological polar surface area (TPSA) is 72.2 Å². The van der Waals surface area contributed by atoms with Crippen molar-refractivity contribution in [3.63, 3.8) is 0 Å². The monoisotopic (exact) mass is 256 g/mol. The molecule has 17 heavy (non-hydrogen) atoms. The Bertz CT molecular complexity index is 471. The Hall–Kier alpha value is -1.07. The summed E-state index contributed by atoms with van der Waals surface area (Å²) >= 11 is 0. The van der Waals surface area contributed by atoms with E-state index in [0.29, 0.717) is 17.1 Å². The smallest absolute Gasteiger partial charge is 0.177 e. The van der Waals surface area contributed by atoms with Crippen LogP contribution in [0, 0.1) is 5.92 Å². The predicted octanol–water partition coefficient (Wildman–Crippen LogP) is 1.49. The number of nitrogens with one attached hydrogen (secondary N) is 1. The molecule has 0 aliphatic rings. The molecule has 2 atom stereocenters. The largest absolute Gasteiger partial charge is 0.381 e. The maximum atomic E-state index is 11.6. The number of anilines is 1. The number of rotatable bonds is 5. The molecule has 0 fully saturated rings. The molecule has 0 aliphatic carbocycles. The highest BCUT2D eigenvalue weighted by Crippen LogP contribution is 2.22. The van der Waals surface area contributed by atoms with Gasteiger partial charge in [0.2, 0.25) is 0 Å². The lowest BCUT2D eigenvalue weighted by Gasteiger charge is -2.22. The Kier molecular flexibility index (Phi) is 4.54. The van der Waals surface area contributed by atoms with Crippen molar-refractivity contribution in [3.05, 3.63) is 24.3 Å². The molecule has 0 amide bonds. The maximum Gasteiger partial charge on any atom is 0.177 e. The van der Waals surface area contributed by atoms with E-state index in [2.05, 4.69) is 5.32 Å². The van der Waals surface area contributed by atoms with E-state index >= 15 is 0 Å². The van der Waals surface area contributed by atoms with Gasteiger partial charge in [0.1, 0.15) is 0 Å². The van der Waals surface area contributed by atoms with E-state index in [1.165, 1.54) is 6.26 Å². The summed E-state index contributed by atoms with van der Waals surface area (Å²) in [6.07, 6.45) is 1.21. The highest BCUT2D eigenvalue weighted by Gasteiger charge is 2.16.